The first kappa shape index (κ1) is 16.6. The summed E-state index contributed by atoms with van der Waals surface area (Å²) in [6.07, 6.45) is 1.11. The summed E-state index contributed by atoms with van der Waals surface area (Å²) in [7, 11) is 1.77. The van der Waals surface area contributed by atoms with E-state index < -0.39 is 0 Å². The summed E-state index contributed by atoms with van der Waals surface area (Å²) in [5.74, 6) is 1.14. The molecule has 4 heteroatoms. The van der Waals surface area contributed by atoms with Crippen molar-refractivity contribution in [2.45, 2.75) is 53.7 Å². The van der Waals surface area contributed by atoms with E-state index in [1.807, 2.05) is 0 Å². The highest BCUT2D eigenvalue weighted by atomic mass is 32.1. The van der Waals surface area contributed by atoms with Gasteiger partial charge in [-0.2, -0.15) is 0 Å². The molecule has 1 rings (SSSR count). The zero-order valence-electron chi connectivity index (χ0n) is 13.1. The largest absolute Gasteiger partial charge is 0.374 e. The molecule has 1 unspecified atom stereocenters. The van der Waals surface area contributed by atoms with Crippen LogP contribution in [0.15, 0.2) is 0 Å². The van der Waals surface area contributed by atoms with Crippen molar-refractivity contribution in [3.8, 4) is 0 Å². The SMILES string of the molecule is CCc1nc(C(OC)C(C)C)sc1CNCC(C)C. The summed E-state index contributed by atoms with van der Waals surface area (Å²) in [6, 6.07) is 0. The number of rotatable bonds is 8. The van der Waals surface area contributed by atoms with Crippen LogP contribution in [0.25, 0.3) is 0 Å². The lowest BCUT2D eigenvalue weighted by Crippen LogP contribution is -2.18. The fraction of sp³-hybridized carbons (Fsp3) is 0.800. The summed E-state index contributed by atoms with van der Waals surface area (Å²) >= 11 is 1.80. The van der Waals surface area contributed by atoms with Crippen LogP contribution in [0.1, 0.15) is 56.3 Å². The van der Waals surface area contributed by atoms with Gasteiger partial charge in [0.2, 0.25) is 0 Å². The van der Waals surface area contributed by atoms with Crippen LogP contribution < -0.4 is 5.32 Å². The number of aryl methyl sites for hydroxylation is 1. The first-order valence-corrected chi connectivity index (χ1v) is 8.03. The van der Waals surface area contributed by atoms with Gasteiger partial charge in [0, 0.05) is 18.5 Å². The Bertz CT molecular complexity index is 374. The molecule has 0 amide bonds. The topological polar surface area (TPSA) is 34.1 Å². The van der Waals surface area contributed by atoms with E-state index in [4.69, 9.17) is 9.72 Å². The number of nitrogens with one attached hydrogen (secondary N) is 1. The van der Waals surface area contributed by atoms with Crippen molar-refractivity contribution in [3.63, 3.8) is 0 Å². The van der Waals surface area contributed by atoms with Crippen molar-refractivity contribution in [2.75, 3.05) is 13.7 Å². The van der Waals surface area contributed by atoms with Crippen LogP contribution in [-0.2, 0) is 17.7 Å². The molecule has 0 saturated carbocycles. The average Bonchev–Trinajstić information content (AvgIpc) is 2.72. The van der Waals surface area contributed by atoms with Crippen LogP contribution in [0.3, 0.4) is 0 Å². The molecule has 0 fully saturated rings. The zero-order chi connectivity index (χ0) is 14.4. The van der Waals surface area contributed by atoms with Gasteiger partial charge in [0.15, 0.2) is 0 Å². The molecule has 0 spiro atoms. The second-order valence-electron chi connectivity index (χ2n) is 5.70. The van der Waals surface area contributed by atoms with E-state index in [1.165, 1.54) is 10.6 Å². The van der Waals surface area contributed by atoms with Crippen molar-refractivity contribution in [1.29, 1.82) is 0 Å². The predicted octanol–water partition coefficient (Wildman–Crippen LogP) is 3.79. The van der Waals surface area contributed by atoms with E-state index in [-0.39, 0.29) is 6.10 Å². The van der Waals surface area contributed by atoms with Crippen molar-refractivity contribution in [2.24, 2.45) is 11.8 Å². The summed E-state index contributed by atoms with van der Waals surface area (Å²) in [4.78, 5) is 6.13. The van der Waals surface area contributed by atoms with Crippen LogP contribution in [0.5, 0.6) is 0 Å². The fourth-order valence-corrected chi connectivity index (χ4v) is 3.45. The van der Waals surface area contributed by atoms with Crippen molar-refractivity contribution >= 4 is 11.3 Å². The van der Waals surface area contributed by atoms with Gasteiger partial charge in [-0.15, -0.1) is 11.3 Å². The fourth-order valence-electron chi connectivity index (χ4n) is 2.07. The second-order valence-corrected chi connectivity index (χ2v) is 6.82. The minimum absolute atomic E-state index is 0.120. The lowest BCUT2D eigenvalue weighted by atomic mass is 10.1. The molecule has 0 bridgehead atoms. The Hall–Kier alpha value is -0.450. The molecular weight excluding hydrogens is 256 g/mol. The third kappa shape index (κ3) is 4.86. The molecule has 1 N–H and O–H groups in total. The molecule has 1 atom stereocenters. The van der Waals surface area contributed by atoms with Gasteiger partial charge in [0.25, 0.3) is 0 Å². The molecule has 1 aromatic rings. The molecule has 0 aliphatic rings. The normalized spacial score (nSPS) is 13.5. The Kier molecular flexibility index (Phi) is 6.97. The van der Waals surface area contributed by atoms with E-state index in [0.29, 0.717) is 11.8 Å². The van der Waals surface area contributed by atoms with Crippen LogP contribution in [0.2, 0.25) is 0 Å². The van der Waals surface area contributed by atoms with E-state index >= 15 is 0 Å². The molecule has 1 aromatic heterocycles. The maximum Gasteiger partial charge on any atom is 0.122 e. The minimum Gasteiger partial charge on any atom is -0.374 e. The number of methoxy groups -OCH3 is 1. The smallest absolute Gasteiger partial charge is 0.122 e. The monoisotopic (exact) mass is 284 g/mol. The maximum absolute atomic E-state index is 5.58. The van der Waals surface area contributed by atoms with E-state index in [9.17, 15) is 0 Å². The summed E-state index contributed by atoms with van der Waals surface area (Å²) in [5.41, 5.74) is 1.22. The molecule has 110 valence electrons. The van der Waals surface area contributed by atoms with Gasteiger partial charge in [0.1, 0.15) is 11.1 Å². The average molecular weight is 284 g/mol. The lowest BCUT2D eigenvalue weighted by molar-refractivity contribution is 0.0643. The van der Waals surface area contributed by atoms with Gasteiger partial charge in [-0.3, -0.25) is 0 Å². The molecule has 0 aromatic carbocycles. The van der Waals surface area contributed by atoms with Gasteiger partial charge >= 0.3 is 0 Å². The predicted molar refractivity (Wildman–Crippen MR) is 82.6 cm³/mol. The number of thiazole rings is 1. The lowest BCUT2D eigenvalue weighted by Gasteiger charge is -2.16. The first-order chi connectivity index (χ1) is 8.99. The Morgan fingerprint density at radius 3 is 2.42 bits per heavy atom. The highest BCUT2D eigenvalue weighted by molar-refractivity contribution is 7.11. The molecule has 19 heavy (non-hydrogen) atoms. The van der Waals surface area contributed by atoms with E-state index in [1.54, 1.807) is 18.4 Å². The van der Waals surface area contributed by atoms with Gasteiger partial charge in [-0.25, -0.2) is 4.98 Å². The van der Waals surface area contributed by atoms with Crippen molar-refractivity contribution in [1.82, 2.24) is 10.3 Å². The number of nitrogens with zero attached hydrogens (tertiary/aromatic N) is 1. The highest BCUT2D eigenvalue weighted by Crippen LogP contribution is 2.31. The van der Waals surface area contributed by atoms with Gasteiger partial charge < -0.3 is 10.1 Å². The van der Waals surface area contributed by atoms with E-state index in [2.05, 4.69) is 39.9 Å². The molecular formula is C15H28N2OS. The molecule has 3 nitrogen and oxygen atoms in total. The quantitative estimate of drug-likeness (QED) is 0.788. The van der Waals surface area contributed by atoms with Crippen molar-refractivity contribution < 1.29 is 4.74 Å². The van der Waals surface area contributed by atoms with Crippen LogP contribution >= 0.6 is 11.3 Å². The van der Waals surface area contributed by atoms with Crippen molar-refractivity contribution in [3.05, 3.63) is 15.6 Å². The van der Waals surface area contributed by atoms with Gasteiger partial charge in [-0.1, -0.05) is 34.6 Å². The highest BCUT2D eigenvalue weighted by Gasteiger charge is 2.21. The second kappa shape index (κ2) is 7.98. The van der Waals surface area contributed by atoms with Crippen LogP contribution in [-0.4, -0.2) is 18.6 Å². The molecule has 0 aliphatic carbocycles. The summed E-state index contributed by atoms with van der Waals surface area (Å²) < 4.78 is 5.58. The third-order valence-corrected chi connectivity index (χ3v) is 4.23. The molecule has 1 heterocycles. The number of hydrogen-bond donors (Lipinski definition) is 1. The molecule has 0 radical (unpaired) electrons. The molecule has 0 saturated heterocycles. The Balaban J connectivity index is 2.78. The van der Waals surface area contributed by atoms with Crippen LogP contribution in [0.4, 0.5) is 0 Å². The third-order valence-electron chi connectivity index (χ3n) is 3.07. The van der Waals surface area contributed by atoms with Gasteiger partial charge in [0.05, 0.1) is 5.69 Å². The maximum atomic E-state index is 5.58. The standard InChI is InChI=1S/C15H28N2OS/c1-7-12-13(9-16-8-10(2)3)19-15(17-12)14(18-6)11(4)5/h10-11,14,16H,7-9H2,1-6H3. The summed E-state index contributed by atoms with van der Waals surface area (Å²) in [6.45, 7) is 13.0. The Morgan fingerprint density at radius 2 is 1.95 bits per heavy atom. The molecule has 0 aliphatic heterocycles. The Labute approximate surface area is 121 Å². The Morgan fingerprint density at radius 1 is 1.26 bits per heavy atom. The minimum atomic E-state index is 0.120. The van der Waals surface area contributed by atoms with E-state index in [0.717, 1.165) is 24.5 Å². The number of hydrogen-bond acceptors (Lipinski definition) is 4. The number of aromatic nitrogens is 1. The number of ether oxygens (including phenoxy) is 1. The van der Waals surface area contributed by atoms with Crippen LogP contribution in [0, 0.1) is 11.8 Å². The summed E-state index contributed by atoms with van der Waals surface area (Å²) in [5, 5.41) is 4.63. The first-order valence-electron chi connectivity index (χ1n) is 7.21. The van der Waals surface area contributed by atoms with Gasteiger partial charge in [-0.05, 0) is 24.8 Å². The zero-order valence-corrected chi connectivity index (χ0v) is 13.9.